The third-order valence-corrected chi connectivity index (χ3v) is 8.01. The zero-order chi connectivity index (χ0) is 18.1. The summed E-state index contributed by atoms with van der Waals surface area (Å²) in [5, 5.41) is 0. The van der Waals surface area contributed by atoms with Crippen LogP contribution in [0.3, 0.4) is 0 Å². The van der Waals surface area contributed by atoms with Crippen molar-refractivity contribution in [3.63, 3.8) is 0 Å². The highest BCUT2D eigenvalue weighted by Gasteiger charge is 2.58. The SMILES string of the molecule is Cc1cc(C)cc(C23C[C@H]4C[C@@H](C2)CC(c2ccc(C)c(C)c2)(C4)C3)c1. The molecule has 4 aliphatic rings. The summed E-state index contributed by atoms with van der Waals surface area (Å²) in [7, 11) is 0. The highest BCUT2D eigenvalue weighted by molar-refractivity contribution is 5.42. The highest BCUT2D eigenvalue weighted by atomic mass is 14.6. The van der Waals surface area contributed by atoms with Gasteiger partial charge >= 0.3 is 0 Å². The standard InChI is InChI=1S/C26H32/c1-17-7-18(2)9-24(8-17)26-14-21-11-22(15-26)13-25(12-21,16-26)23-6-5-19(3)20(4)10-23/h5-10,21-22H,11-16H2,1-4H3/t21-,22+,25?,26?. The molecule has 4 saturated carbocycles. The lowest BCUT2D eigenvalue weighted by atomic mass is 9.41. The van der Waals surface area contributed by atoms with Crippen LogP contribution in [0.5, 0.6) is 0 Å². The van der Waals surface area contributed by atoms with Crippen LogP contribution in [0.4, 0.5) is 0 Å². The lowest BCUT2D eigenvalue weighted by molar-refractivity contribution is -0.0282. The van der Waals surface area contributed by atoms with Gasteiger partial charge in [-0.3, -0.25) is 0 Å². The van der Waals surface area contributed by atoms with E-state index in [2.05, 4.69) is 64.1 Å². The molecule has 2 aromatic carbocycles. The maximum atomic E-state index is 2.53. The van der Waals surface area contributed by atoms with E-state index >= 15 is 0 Å². The number of aryl methyl sites for hydroxylation is 4. The van der Waals surface area contributed by atoms with Gasteiger partial charge in [0.2, 0.25) is 0 Å². The Morgan fingerprint density at radius 2 is 1.23 bits per heavy atom. The van der Waals surface area contributed by atoms with E-state index < -0.39 is 0 Å². The molecule has 0 spiro atoms. The summed E-state index contributed by atoms with van der Waals surface area (Å²) in [6.07, 6.45) is 8.58. The van der Waals surface area contributed by atoms with Crippen LogP contribution in [0.1, 0.15) is 71.9 Å². The average Bonchev–Trinajstić information content (AvgIpc) is 2.55. The molecule has 4 bridgehead atoms. The first kappa shape index (κ1) is 16.6. The van der Waals surface area contributed by atoms with Crippen LogP contribution in [-0.4, -0.2) is 0 Å². The Morgan fingerprint density at radius 1 is 0.654 bits per heavy atom. The molecule has 0 radical (unpaired) electrons. The molecule has 4 atom stereocenters. The Bertz CT molecular complexity index is 837. The number of benzene rings is 2. The lowest BCUT2D eigenvalue weighted by Crippen LogP contribution is -2.56. The van der Waals surface area contributed by atoms with Gasteiger partial charge in [0.05, 0.1) is 0 Å². The Labute approximate surface area is 159 Å². The summed E-state index contributed by atoms with van der Waals surface area (Å²) in [6.45, 7) is 9.08. The summed E-state index contributed by atoms with van der Waals surface area (Å²) in [5.41, 5.74) is 9.94. The molecule has 0 heteroatoms. The molecule has 6 rings (SSSR count). The number of hydrogen-bond donors (Lipinski definition) is 0. The maximum absolute atomic E-state index is 2.53. The van der Waals surface area contributed by atoms with Gasteiger partial charge in [-0.05, 0) is 111 Å². The van der Waals surface area contributed by atoms with Gasteiger partial charge in [0.15, 0.2) is 0 Å². The van der Waals surface area contributed by atoms with E-state index in [9.17, 15) is 0 Å². The normalized spacial score (nSPS) is 35.1. The van der Waals surface area contributed by atoms with E-state index in [1.807, 2.05) is 0 Å². The van der Waals surface area contributed by atoms with Gasteiger partial charge < -0.3 is 0 Å². The largest absolute Gasteiger partial charge is 0.0588 e. The van der Waals surface area contributed by atoms with E-state index in [0.717, 1.165) is 11.8 Å². The fourth-order valence-electron chi connectivity index (χ4n) is 7.29. The predicted molar refractivity (Wildman–Crippen MR) is 110 cm³/mol. The molecule has 0 heterocycles. The molecule has 2 unspecified atom stereocenters. The quantitative estimate of drug-likeness (QED) is 0.568. The highest BCUT2D eigenvalue weighted by Crippen LogP contribution is 2.66. The molecule has 0 N–H and O–H groups in total. The average molecular weight is 345 g/mol. The van der Waals surface area contributed by atoms with Gasteiger partial charge in [-0.1, -0.05) is 47.5 Å². The second-order valence-corrected chi connectivity index (χ2v) is 10.2. The molecule has 0 nitrogen and oxygen atoms in total. The van der Waals surface area contributed by atoms with E-state index in [1.54, 1.807) is 11.1 Å². The van der Waals surface area contributed by atoms with Gasteiger partial charge in [0.25, 0.3) is 0 Å². The van der Waals surface area contributed by atoms with Gasteiger partial charge in [-0.2, -0.15) is 0 Å². The molecule has 136 valence electrons. The molecule has 0 amide bonds. The second kappa shape index (κ2) is 5.47. The molecule has 0 aliphatic heterocycles. The van der Waals surface area contributed by atoms with Crippen molar-refractivity contribution in [2.45, 2.75) is 77.0 Å². The molecule has 0 saturated heterocycles. The molecule has 26 heavy (non-hydrogen) atoms. The summed E-state index contributed by atoms with van der Waals surface area (Å²) in [5.74, 6) is 1.86. The molecule has 4 fully saturated rings. The Hall–Kier alpha value is -1.56. The summed E-state index contributed by atoms with van der Waals surface area (Å²) >= 11 is 0. The van der Waals surface area contributed by atoms with Gasteiger partial charge in [-0.25, -0.2) is 0 Å². The fraction of sp³-hybridized carbons (Fsp3) is 0.538. The Morgan fingerprint density at radius 3 is 1.81 bits per heavy atom. The van der Waals surface area contributed by atoms with E-state index in [1.165, 1.54) is 60.8 Å². The number of hydrogen-bond acceptors (Lipinski definition) is 0. The summed E-state index contributed by atoms with van der Waals surface area (Å²) in [6, 6.07) is 14.7. The second-order valence-electron chi connectivity index (χ2n) is 10.2. The summed E-state index contributed by atoms with van der Waals surface area (Å²) in [4.78, 5) is 0. The minimum absolute atomic E-state index is 0.430. The van der Waals surface area contributed by atoms with Crippen molar-refractivity contribution in [1.29, 1.82) is 0 Å². The smallest absolute Gasteiger partial charge is 0.00330 e. The fourth-order valence-corrected chi connectivity index (χ4v) is 7.29. The first-order valence-corrected chi connectivity index (χ1v) is 10.5. The van der Waals surface area contributed by atoms with Crippen molar-refractivity contribution in [1.82, 2.24) is 0 Å². The first-order valence-electron chi connectivity index (χ1n) is 10.5. The van der Waals surface area contributed by atoms with Gasteiger partial charge in [0.1, 0.15) is 0 Å². The molecule has 2 aromatic rings. The van der Waals surface area contributed by atoms with Crippen LogP contribution in [0, 0.1) is 39.5 Å². The predicted octanol–water partition coefficient (Wildman–Crippen LogP) is 6.71. The Balaban J connectivity index is 1.63. The third kappa shape index (κ3) is 2.41. The zero-order valence-corrected chi connectivity index (χ0v) is 16.9. The minimum atomic E-state index is 0.430. The van der Waals surface area contributed by atoms with Crippen molar-refractivity contribution >= 4 is 0 Å². The summed E-state index contributed by atoms with van der Waals surface area (Å²) < 4.78 is 0. The van der Waals surface area contributed by atoms with Crippen LogP contribution in [0.15, 0.2) is 36.4 Å². The topological polar surface area (TPSA) is 0 Å². The van der Waals surface area contributed by atoms with E-state index in [0.29, 0.717) is 10.8 Å². The Kier molecular flexibility index (Phi) is 3.49. The van der Waals surface area contributed by atoms with Crippen LogP contribution in [0.2, 0.25) is 0 Å². The van der Waals surface area contributed by atoms with Crippen molar-refractivity contribution in [2.75, 3.05) is 0 Å². The molecule has 4 aliphatic carbocycles. The number of rotatable bonds is 2. The first-order chi connectivity index (χ1) is 12.4. The van der Waals surface area contributed by atoms with Crippen molar-refractivity contribution < 1.29 is 0 Å². The van der Waals surface area contributed by atoms with Crippen LogP contribution in [0.25, 0.3) is 0 Å². The van der Waals surface area contributed by atoms with Crippen LogP contribution >= 0.6 is 0 Å². The van der Waals surface area contributed by atoms with Gasteiger partial charge in [0, 0.05) is 0 Å². The molecular weight excluding hydrogens is 312 g/mol. The maximum Gasteiger partial charge on any atom is -0.00330 e. The van der Waals surface area contributed by atoms with Gasteiger partial charge in [-0.15, -0.1) is 0 Å². The zero-order valence-electron chi connectivity index (χ0n) is 16.9. The van der Waals surface area contributed by atoms with Crippen molar-refractivity contribution in [2.24, 2.45) is 11.8 Å². The van der Waals surface area contributed by atoms with Crippen LogP contribution in [-0.2, 0) is 10.8 Å². The monoisotopic (exact) mass is 344 g/mol. The molecular formula is C26H32. The van der Waals surface area contributed by atoms with Crippen molar-refractivity contribution in [3.05, 3.63) is 69.8 Å². The van der Waals surface area contributed by atoms with Crippen LogP contribution < -0.4 is 0 Å². The van der Waals surface area contributed by atoms with E-state index in [4.69, 9.17) is 0 Å². The minimum Gasteiger partial charge on any atom is -0.0588 e. The molecule has 0 aromatic heterocycles. The van der Waals surface area contributed by atoms with E-state index in [-0.39, 0.29) is 0 Å². The lowest BCUT2D eigenvalue weighted by Gasteiger charge is -2.63. The van der Waals surface area contributed by atoms with Crippen molar-refractivity contribution in [3.8, 4) is 0 Å². The third-order valence-electron chi connectivity index (χ3n) is 8.01.